The lowest BCUT2D eigenvalue weighted by Crippen LogP contribution is -2.11. The van der Waals surface area contributed by atoms with E-state index in [1.165, 1.54) is 11.8 Å². The average Bonchev–Trinajstić information content (AvgIpc) is 3.07. The molecule has 1 aliphatic heterocycles. The first-order chi connectivity index (χ1) is 11.2. The van der Waals surface area contributed by atoms with Gasteiger partial charge in [-0.25, -0.2) is 4.98 Å². The van der Waals surface area contributed by atoms with Crippen LogP contribution >= 0.6 is 11.8 Å². The number of fused-ring (bicyclic) bond motifs is 1. The molecule has 2 heterocycles. The van der Waals surface area contributed by atoms with E-state index < -0.39 is 0 Å². The summed E-state index contributed by atoms with van der Waals surface area (Å²) in [5.74, 6) is -0.144. The Morgan fingerprint density at radius 2 is 1.87 bits per heavy atom. The van der Waals surface area contributed by atoms with Crippen molar-refractivity contribution in [2.75, 3.05) is 0 Å². The SMILES string of the molecule is C[C@@H]1C[C@@H](Sc2nc3ccccc3n2-c2ccccc2)C(=O)O1. The zero-order valence-electron chi connectivity index (χ0n) is 12.7. The van der Waals surface area contributed by atoms with E-state index >= 15 is 0 Å². The Morgan fingerprint density at radius 3 is 2.61 bits per heavy atom. The lowest BCUT2D eigenvalue weighted by Gasteiger charge is -2.10. The van der Waals surface area contributed by atoms with Crippen LogP contribution < -0.4 is 0 Å². The van der Waals surface area contributed by atoms with E-state index in [-0.39, 0.29) is 17.3 Å². The predicted molar refractivity (Wildman–Crippen MR) is 90.9 cm³/mol. The molecule has 0 amide bonds. The molecule has 0 spiro atoms. The van der Waals surface area contributed by atoms with Crippen molar-refractivity contribution < 1.29 is 9.53 Å². The van der Waals surface area contributed by atoms with Gasteiger partial charge in [-0.2, -0.15) is 0 Å². The van der Waals surface area contributed by atoms with Gasteiger partial charge in [-0.1, -0.05) is 42.1 Å². The van der Waals surface area contributed by atoms with E-state index in [1.54, 1.807) is 0 Å². The number of ether oxygens (including phenoxy) is 1. The van der Waals surface area contributed by atoms with Crippen LogP contribution in [0.3, 0.4) is 0 Å². The first kappa shape index (κ1) is 14.3. The number of carbonyl (C=O) groups excluding carboxylic acids is 1. The Balaban J connectivity index is 1.81. The van der Waals surface area contributed by atoms with Gasteiger partial charge in [0.05, 0.1) is 11.0 Å². The zero-order valence-corrected chi connectivity index (χ0v) is 13.5. The quantitative estimate of drug-likeness (QED) is 0.687. The van der Waals surface area contributed by atoms with Gasteiger partial charge in [0, 0.05) is 12.1 Å². The molecule has 5 heteroatoms. The summed E-state index contributed by atoms with van der Waals surface area (Å²) in [4.78, 5) is 16.7. The summed E-state index contributed by atoms with van der Waals surface area (Å²) in [6.45, 7) is 1.93. The molecule has 1 aromatic heterocycles. The van der Waals surface area contributed by atoms with Crippen LogP contribution in [0.4, 0.5) is 0 Å². The second-order valence-electron chi connectivity index (χ2n) is 5.64. The van der Waals surface area contributed by atoms with Crippen molar-refractivity contribution in [2.24, 2.45) is 0 Å². The number of cyclic esters (lactones) is 1. The molecular weight excluding hydrogens is 308 g/mol. The van der Waals surface area contributed by atoms with Gasteiger partial charge < -0.3 is 4.74 Å². The third-order valence-corrected chi connectivity index (χ3v) is 5.07. The normalized spacial score (nSPS) is 20.8. The minimum atomic E-state index is -0.190. The maximum Gasteiger partial charge on any atom is 0.319 e. The van der Waals surface area contributed by atoms with Crippen LogP contribution in [0.25, 0.3) is 16.7 Å². The van der Waals surface area contributed by atoms with Gasteiger partial charge in [-0.3, -0.25) is 9.36 Å². The minimum absolute atomic E-state index is 0.0189. The molecule has 2 atom stereocenters. The van der Waals surface area contributed by atoms with Gasteiger partial charge in [-0.05, 0) is 31.2 Å². The zero-order chi connectivity index (χ0) is 15.8. The minimum Gasteiger partial charge on any atom is -0.462 e. The van der Waals surface area contributed by atoms with Crippen LogP contribution in [0.15, 0.2) is 59.8 Å². The number of esters is 1. The van der Waals surface area contributed by atoms with Crippen molar-refractivity contribution in [1.29, 1.82) is 0 Å². The summed E-state index contributed by atoms with van der Waals surface area (Å²) in [5.41, 5.74) is 3.02. The number of hydrogen-bond donors (Lipinski definition) is 0. The number of aromatic nitrogens is 2. The summed E-state index contributed by atoms with van der Waals surface area (Å²) in [7, 11) is 0. The monoisotopic (exact) mass is 324 g/mol. The van der Waals surface area contributed by atoms with Crippen LogP contribution in [0.2, 0.25) is 0 Å². The molecule has 1 aliphatic rings. The Bertz CT molecular complexity index is 860. The van der Waals surface area contributed by atoms with E-state index in [9.17, 15) is 4.79 Å². The van der Waals surface area contributed by atoms with Crippen molar-refractivity contribution in [3.63, 3.8) is 0 Å². The van der Waals surface area contributed by atoms with Crippen LogP contribution in [0.1, 0.15) is 13.3 Å². The van der Waals surface area contributed by atoms with Gasteiger partial charge in [0.1, 0.15) is 11.4 Å². The number of carbonyl (C=O) groups is 1. The molecule has 1 fully saturated rings. The van der Waals surface area contributed by atoms with Crippen molar-refractivity contribution in [3.8, 4) is 5.69 Å². The number of thioether (sulfide) groups is 1. The first-order valence-corrected chi connectivity index (χ1v) is 8.50. The lowest BCUT2D eigenvalue weighted by atomic mass is 10.3. The maximum atomic E-state index is 12.0. The maximum absolute atomic E-state index is 12.0. The van der Waals surface area contributed by atoms with Gasteiger partial charge in [0.15, 0.2) is 5.16 Å². The Hall–Kier alpha value is -2.27. The summed E-state index contributed by atoms with van der Waals surface area (Å²) in [6, 6.07) is 18.1. The predicted octanol–water partition coefficient (Wildman–Crippen LogP) is 3.82. The van der Waals surface area contributed by atoms with Gasteiger partial charge in [0.2, 0.25) is 0 Å². The molecule has 4 rings (SSSR count). The molecule has 0 aliphatic carbocycles. The highest BCUT2D eigenvalue weighted by Gasteiger charge is 2.34. The molecule has 1 saturated heterocycles. The Morgan fingerprint density at radius 1 is 1.13 bits per heavy atom. The second-order valence-corrected chi connectivity index (χ2v) is 6.81. The number of nitrogens with zero attached hydrogens (tertiary/aromatic N) is 2. The fourth-order valence-electron chi connectivity index (χ4n) is 2.85. The molecule has 2 aromatic carbocycles. The van der Waals surface area contributed by atoms with Crippen LogP contribution in [-0.4, -0.2) is 26.9 Å². The van der Waals surface area contributed by atoms with Crippen molar-refractivity contribution in [2.45, 2.75) is 29.9 Å². The van der Waals surface area contributed by atoms with Gasteiger partial charge in [-0.15, -0.1) is 0 Å². The van der Waals surface area contributed by atoms with E-state index in [4.69, 9.17) is 9.72 Å². The van der Waals surface area contributed by atoms with Crippen LogP contribution in [0.5, 0.6) is 0 Å². The number of hydrogen-bond acceptors (Lipinski definition) is 4. The van der Waals surface area contributed by atoms with Gasteiger partial charge in [0.25, 0.3) is 0 Å². The highest BCUT2D eigenvalue weighted by atomic mass is 32.2. The topological polar surface area (TPSA) is 44.1 Å². The summed E-state index contributed by atoms with van der Waals surface area (Å²) >= 11 is 1.49. The molecule has 0 saturated carbocycles. The third kappa shape index (κ3) is 2.61. The molecule has 3 aromatic rings. The smallest absolute Gasteiger partial charge is 0.319 e. The number of para-hydroxylation sites is 3. The van der Waals surface area contributed by atoms with E-state index in [1.807, 2.05) is 55.5 Å². The molecule has 0 N–H and O–H groups in total. The number of benzene rings is 2. The Kier molecular flexibility index (Phi) is 3.58. The third-order valence-electron chi connectivity index (χ3n) is 3.92. The fourth-order valence-corrected chi connectivity index (χ4v) is 4.09. The Labute approximate surface area is 138 Å². The number of imidazole rings is 1. The molecule has 4 nitrogen and oxygen atoms in total. The largest absolute Gasteiger partial charge is 0.462 e. The molecule has 116 valence electrons. The fraction of sp³-hybridized carbons (Fsp3) is 0.222. The van der Waals surface area contributed by atoms with E-state index in [0.29, 0.717) is 0 Å². The molecule has 0 bridgehead atoms. The molecule has 0 radical (unpaired) electrons. The summed E-state index contributed by atoms with van der Waals surface area (Å²) < 4.78 is 7.38. The average molecular weight is 324 g/mol. The number of rotatable bonds is 3. The van der Waals surface area contributed by atoms with Gasteiger partial charge >= 0.3 is 5.97 Å². The summed E-state index contributed by atoms with van der Waals surface area (Å²) in [5, 5.41) is 0.637. The van der Waals surface area contributed by atoms with Crippen LogP contribution in [-0.2, 0) is 9.53 Å². The summed E-state index contributed by atoms with van der Waals surface area (Å²) in [6.07, 6.45) is 0.705. The molecular formula is C18H16N2O2S. The van der Waals surface area contributed by atoms with Crippen molar-refractivity contribution in [3.05, 3.63) is 54.6 Å². The van der Waals surface area contributed by atoms with Crippen molar-refractivity contribution in [1.82, 2.24) is 9.55 Å². The molecule has 23 heavy (non-hydrogen) atoms. The second kappa shape index (κ2) is 5.74. The van der Waals surface area contributed by atoms with Crippen LogP contribution in [0, 0.1) is 0 Å². The van der Waals surface area contributed by atoms with E-state index in [0.717, 1.165) is 28.3 Å². The standard InChI is InChI=1S/C18H16N2O2S/c1-12-11-16(17(21)22-12)23-18-19-14-9-5-6-10-15(14)20(18)13-7-3-2-4-8-13/h2-10,12,16H,11H2,1H3/t12-,16-/m1/s1. The highest BCUT2D eigenvalue weighted by molar-refractivity contribution is 8.00. The highest BCUT2D eigenvalue weighted by Crippen LogP contribution is 2.35. The van der Waals surface area contributed by atoms with Crippen molar-refractivity contribution >= 4 is 28.8 Å². The lowest BCUT2D eigenvalue weighted by molar-refractivity contribution is -0.140. The molecule has 0 unspecified atom stereocenters. The van der Waals surface area contributed by atoms with E-state index in [2.05, 4.69) is 10.6 Å². The first-order valence-electron chi connectivity index (χ1n) is 7.62.